The first-order chi connectivity index (χ1) is 9.34. The summed E-state index contributed by atoms with van der Waals surface area (Å²) < 4.78 is 0. The summed E-state index contributed by atoms with van der Waals surface area (Å²) in [5.74, 6) is -1.81. The SMILES string of the molecule is CC(=O)NCCN(C(=O)c1sccc1Cl)C(C)C(=O)O. The van der Waals surface area contributed by atoms with Gasteiger partial charge in [0, 0.05) is 20.0 Å². The third kappa shape index (κ3) is 4.21. The van der Waals surface area contributed by atoms with Gasteiger partial charge < -0.3 is 15.3 Å². The van der Waals surface area contributed by atoms with Gasteiger partial charge in [0.1, 0.15) is 10.9 Å². The van der Waals surface area contributed by atoms with Crippen molar-refractivity contribution in [1.29, 1.82) is 0 Å². The maximum Gasteiger partial charge on any atom is 0.326 e. The van der Waals surface area contributed by atoms with E-state index in [1.807, 2.05) is 0 Å². The first kappa shape index (κ1) is 16.5. The van der Waals surface area contributed by atoms with Gasteiger partial charge in [-0.1, -0.05) is 11.6 Å². The Balaban J connectivity index is 2.87. The van der Waals surface area contributed by atoms with Crippen LogP contribution >= 0.6 is 22.9 Å². The van der Waals surface area contributed by atoms with Gasteiger partial charge >= 0.3 is 5.97 Å². The zero-order chi connectivity index (χ0) is 15.3. The molecule has 8 heteroatoms. The van der Waals surface area contributed by atoms with Crippen molar-refractivity contribution in [3.63, 3.8) is 0 Å². The highest BCUT2D eigenvalue weighted by Crippen LogP contribution is 2.24. The van der Waals surface area contributed by atoms with Crippen molar-refractivity contribution >= 4 is 40.7 Å². The minimum atomic E-state index is -1.12. The fourth-order valence-electron chi connectivity index (χ4n) is 1.53. The molecule has 1 aromatic rings. The molecular formula is C12H15ClN2O4S. The second-order valence-corrected chi connectivity index (χ2v) is 5.42. The van der Waals surface area contributed by atoms with E-state index in [1.165, 1.54) is 18.7 Å². The van der Waals surface area contributed by atoms with E-state index in [-0.39, 0.29) is 19.0 Å². The Hall–Kier alpha value is -1.60. The average molecular weight is 319 g/mol. The van der Waals surface area contributed by atoms with Crippen LogP contribution in [-0.2, 0) is 9.59 Å². The zero-order valence-corrected chi connectivity index (χ0v) is 12.6. The van der Waals surface area contributed by atoms with Crippen LogP contribution in [0.2, 0.25) is 5.02 Å². The molecule has 0 spiro atoms. The van der Waals surface area contributed by atoms with E-state index in [0.29, 0.717) is 9.90 Å². The molecule has 0 aliphatic heterocycles. The summed E-state index contributed by atoms with van der Waals surface area (Å²) in [6, 6.07) is 0.575. The van der Waals surface area contributed by atoms with Crippen LogP contribution in [0.1, 0.15) is 23.5 Å². The number of thiophene rings is 1. The van der Waals surface area contributed by atoms with Gasteiger partial charge in [-0.15, -0.1) is 11.3 Å². The number of carbonyl (C=O) groups is 3. The molecule has 0 aliphatic carbocycles. The van der Waals surface area contributed by atoms with Crippen LogP contribution in [0.15, 0.2) is 11.4 Å². The molecule has 2 N–H and O–H groups in total. The van der Waals surface area contributed by atoms with Gasteiger partial charge in [-0.25, -0.2) is 4.79 Å². The molecule has 2 amide bonds. The Morgan fingerprint density at radius 3 is 2.60 bits per heavy atom. The molecule has 0 fully saturated rings. The number of nitrogens with zero attached hydrogens (tertiary/aromatic N) is 1. The van der Waals surface area contributed by atoms with Crippen LogP contribution in [0.3, 0.4) is 0 Å². The van der Waals surface area contributed by atoms with Crippen molar-refractivity contribution in [3.05, 3.63) is 21.3 Å². The molecule has 1 unspecified atom stereocenters. The summed E-state index contributed by atoms with van der Waals surface area (Å²) in [5, 5.41) is 13.5. The van der Waals surface area contributed by atoms with E-state index < -0.39 is 17.9 Å². The maximum absolute atomic E-state index is 12.3. The molecule has 0 saturated heterocycles. The fraction of sp³-hybridized carbons (Fsp3) is 0.417. The Morgan fingerprint density at radius 1 is 1.50 bits per heavy atom. The molecule has 110 valence electrons. The van der Waals surface area contributed by atoms with Crippen LogP contribution in [0.5, 0.6) is 0 Å². The van der Waals surface area contributed by atoms with Crippen LogP contribution in [-0.4, -0.2) is 46.9 Å². The topological polar surface area (TPSA) is 86.7 Å². The Labute approximate surface area is 125 Å². The lowest BCUT2D eigenvalue weighted by Gasteiger charge is -2.26. The summed E-state index contributed by atoms with van der Waals surface area (Å²) in [4.78, 5) is 35.7. The average Bonchev–Trinajstić information content (AvgIpc) is 2.79. The molecule has 20 heavy (non-hydrogen) atoms. The van der Waals surface area contributed by atoms with Gasteiger partial charge in [0.15, 0.2) is 0 Å². The lowest BCUT2D eigenvalue weighted by Crippen LogP contribution is -2.46. The monoisotopic (exact) mass is 318 g/mol. The largest absolute Gasteiger partial charge is 0.480 e. The number of carbonyl (C=O) groups excluding carboxylic acids is 2. The molecule has 1 atom stereocenters. The molecule has 0 aliphatic rings. The highest BCUT2D eigenvalue weighted by atomic mass is 35.5. The van der Waals surface area contributed by atoms with E-state index in [4.69, 9.17) is 16.7 Å². The molecule has 0 aromatic carbocycles. The first-order valence-electron chi connectivity index (χ1n) is 5.85. The molecule has 1 rings (SSSR count). The molecule has 1 heterocycles. The number of hydrogen-bond donors (Lipinski definition) is 2. The highest BCUT2D eigenvalue weighted by Gasteiger charge is 2.28. The molecule has 0 radical (unpaired) electrons. The van der Waals surface area contributed by atoms with Gasteiger partial charge in [0.2, 0.25) is 5.91 Å². The van der Waals surface area contributed by atoms with Crippen LogP contribution in [0.25, 0.3) is 0 Å². The summed E-state index contributed by atoms with van der Waals surface area (Å²) in [5.41, 5.74) is 0. The van der Waals surface area contributed by atoms with E-state index in [1.54, 1.807) is 11.4 Å². The standard InChI is InChI=1S/C12H15ClN2O4S/c1-7(12(18)19)15(5-4-14-8(2)16)11(17)10-9(13)3-6-20-10/h3,6-7H,4-5H2,1-2H3,(H,14,16)(H,18,19). The molecule has 6 nitrogen and oxygen atoms in total. The fourth-order valence-corrected chi connectivity index (χ4v) is 2.62. The lowest BCUT2D eigenvalue weighted by atomic mass is 10.2. The number of carboxylic acids is 1. The van der Waals surface area contributed by atoms with Crippen molar-refractivity contribution in [1.82, 2.24) is 10.2 Å². The number of carboxylic acid groups (broad SMARTS) is 1. The third-order valence-corrected chi connectivity index (χ3v) is 3.95. The first-order valence-corrected chi connectivity index (χ1v) is 7.11. The third-order valence-electron chi connectivity index (χ3n) is 2.62. The number of nitrogens with one attached hydrogen (secondary N) is 1. The summed E-state index contributed by atoms with van der Waals surface area (Å²) in [6.45, 7) is 3.04. The second-order valence-electron chi connectivity index (χ2n) is 4.09. The molecule has 1 aromatic heterocycles. The highest BCUT2D eigenvalue weighted by molar-refractivity contribution is 7.12. The van der Waals surface area contributed by atoms with E-state index in [9.17, 15) is 14.4 Å². The summed E-state index contributed by atoms with van der Waals surface area (Å²) in [6.07, 6.45) is 0. The van der Waals surface area contributed by atoms with Crippen LogP contribution in [0.4, 0.5) is 0 Å². The van der Waals surface area contributed by atoms with E-state index >= 15 is 0 Å². The Morgan fingerprint density at radius 2 is 2.15 bits per heavy atom. The number of aliphatic carboxylic acids is 1. The van der Waals surface area contributed by atoms with Crippen molar-refractivity contribution in [2.75, 3.05) is 13.1 Å². The van der Waals surface area contributed by atoms with Crippen molar-refractivity contribution < 1.29 is 19.5 Å². The smallest absolute Gasteiger partial charge is 0.326 e. The minimum absolute atomic E-state index is 0.0973. The second kappa shape index (κ2) is 7.25. The van der Waals surface area contributed by atoms with Crippen LogP contribution in [0, 0.1) is 0 Å². The van der Waals surface area contributed by atoms with E-state index in [0.717, 1.165) is 11.3 Å². The number of hydrogen-bond acceptors (Lipinski definition) is 4. The van der Waals surface area contributed by atoms with Gasteiger partial charge in [0.05, 0.1) is 5.02 Å². The quantitative estimate of drug-likeness (QED) is 0.831. The van der Waals surface area contributed by atoms with Gasteiger partial charge in [-0.2, -0.15) is 0 Å². The molecule has 0 bridgehead atoms. The Kier molecular flexibility index (Phi) is 5.97. The van der Waals surface area contributed by atoms with Crippen molar-refractivity contribution in [2.45, 2.75) is 19.9 Å². The predicted molar refractivity (Wildman–Crippen MR) is 76.1 cm³/mol. The van der Waals surface area contributed by atoms with Crippen molar-refractivity contribution in [2.24, 2.45) is 0 Å². The Bertz CT molecular complexity index is 517. The van der Waals surface area contributed by atoms with Crippen molar-refractivity contribution in [3.8, 4) is 0 Å². The number of rotatable bonds is 6. The minimum Gasteiger partial charge on any atom is -0.480 e. The summed E-state index contributed by atoms with van der Waals surface area (Å²) in [7, 11) is 0. The number of amides is 2. The molecular weight excluding hydrogens is 304 g/mol. The lowest BCUT2D eigenvalue weighted by molar-refractivity contribution is -0.141. The van der Waals surface area contributed by atoms with Gasteiger partial charge in [-0.05, 0) is 18.4 Å². The normalized spacial score (nSPS) is 11.8. The van der Waals surface area contributed by atoms with Gasteiger partial charge in [0.25, 0.3) is 5.91 Å². The van der Waals surface area contributed by atoms with E-state index in [2.05, 4.69) is 5.32 Å². The summed E-state index contributed by atoms with van der Waals surface area (Å²) >= 11 is 7.04. The van der Waals surface area contributed by atoms with Crippen LogP contribution < -0.4 is 5.32 Å². The van der Waals surface area contributed by atoms with Gasteiger partial charge in [-0.3, -0.25) is 9.59 Å². The zero-order valence-electron chi connectivity index (χ0n) is 11.1. The number of halogens is 1. The maximum atomic E-state index is 12.3. The predicted octanol–water partition coefficient (Wildman–Crippen LogP) is 1.45. The molecule has 0 saturated carbocycles.